The molecule has 3 rings (SSSR count). The number of fused-ring (bicyclic) bond motifs is 1. The second-order valence-electron chi connectivity index (χ2n) is 6.03. The molecule has 23 heavy (non-hydrogen) atoms. The van der Waals surface area contributed by atoms with Gasteiger partial charge in [0.1, 0.15) is 0 Å². The van der Waals surface area contributed by atoms with Crippen LogP contribution in [-0.4, -0.2) is 27.0 Å². The monoisotopic (exact) mass is 310 g/mol. The number of aromatic nitrogens is 3. The van der Waals surface area contributed by atoms with Crippen molar-refractivity contribution < 1.29 is 4.79 Å². The van der Waals surface area contributed by atoms with E-state index in [1.54, 1.807) is 12.5 Å². The Hall–Kier alpha value is -2.56. The minimum atomic E-state index is 0.0520. The summed E-state index contributed by atoms with van der Waals surface area (Å²) in [5.74, 6) is 0.0520. The van der Waals surface area contributed by atoms with Crippen LogP contribution in [0.4, 0.5) is 0 Å². The quantitative estimate of drug-likeness (QED) is 0.735. The molecule has 5 nitrogen and oxygen atoms in total. The number of rotatable bonds is 6. The summed E-state index contributed by atoms with van der Waals surface area (Å²) in [6, 6.07) is 8.62. The molecule has 0 spiro atoms. The summed E-state index contributed by atoms with van der Waals surface area (Å²) in [6.07, 6.45) is 6.70. The Labute approximate surface area is 135 Å². The van der Waals surface area contributed by atoms with Gasteiger partial charge >= 0.3 is 0 Å². The first kappa shape index (κ1) is 15.3. The molecular weight excluding hydrogens is 288 g/mol. The lowest BCUT2D eigenvalue weighted by Crippen LogP contribution is -2.27. The highest BCUT2D eigenvalue weighted by Gasteiger charge is 2.12. The van der Waals surface area contributed by atoms with Crippen LogP contribution in [0.25, 0.3) is 10.9 Å². The number of imidazole rings is 1. The van der Waals surface area contributed by atoms with E-state index in [4.69, 9.17) is 0 Å². The minimum Gasteiger partial charge on any atom is -0.355 e. The van der Waals surface area contributed by atoms with E-state index in [0.717, 1.165) is 23.1 Å². The Balaban J connectivity index is 1.67. The van der Waals surface area contributed by atoms with E-state index in [2.05, 4.69) is 52.0 Å². The topological polar surface area (TPSA) is 62.7 Å². The van der Waals surface area contributed by atoms with Gasteiger partial charge in [-0.2, -0.15) is 0 Å². The second kappa shape index (κ2) is 6.69. The Bertz CT molecular complexity index is 787. The largest absolute Gasteiger partial charge is 0.355 e. The molecule has 120 valence electrons. The number of carbonyl (C=O) groups is 1. The summed E-state index contributed by atoms with van der Waals surface area (Å²) in [5.41, 5.74) is 3.29. The van der Waals surface area contributed by atoms with E-state index in [1.807, 2.05) is 12.1 Å². The summed E-state index contributed by atoms with van der Waals surface area (Å²) in [5, 5.41) is 4.13. The molecule has 0 atom stereocenters. The SMILES string of the molecule is CC(C)n1cc(CC(=O)NCCc2cnc[nH]2)c2ccccc21. The first-order valence-corrected chi connectivity index (χ1v) is 7.97. The smallest absolute Gasteiger partial charge is 0.224 e. The molecule has 0 aliphatic rings. The molecule has 0 aliphatic heterocycles. The van der Waals surface area contributed by atoms with E-state index in [0.29, 0.717) is 19.0 Å². The number of hydrogen-bond donors (Lipinski definition) is 2. The Morgan fingerprint density at radius 2 is 2.17 bits per heavy atom. The van der Waals surface area contributed by atoms with Crippen molar-refractivity contribution in [2.45, 2.75) is 32.7 Å². The highest BCUT2D eigenvalue weighted by Crippen LogP contribution is 2.24. The fraction of sp³-hybridized carbons (Fsp3) is 0.333. The fourth-order valence-electron chi connectivity index (χ4n) is 2.84. The molecular formula is C18H22N4O. The van der Waals surface area contributed by atoms with Gasteiger partial charge < -0.3 is 14.9 Å². The zero-order chi connectivity index (χ0) is 16.2. The molecule has 1 amide bonds. The third-order valence-corrected chi connectivity index (χ3v) is 4.00. The maximum Gasteiger partial charge on any atom is 0.224 e. The van der Waals surface area contributed by atoms with Crippen LogP contribution in [0, 0.1) is 0 Å². The van der Waals surface area contributed by atoms with Gasteiger partial charge in [-0.15, -0.1) is 0 Å². The average Bonchev–Trinajstić information content (AvgIpc) is 3.16. The summed E-state index contributed by atoms with van der Waals surface area (Å²) < 4.78 is 2.22. The maximum absolute atomic E-state index is 12.2. The summed E-state index contributed by atoms with van der Waals surface area (Å²) in [7, 11) is 0. The van der Waals surface area contributed by atoms with Crippen molar-refractivity contribution in [2.24, 2.45) is 0 Å². The van der Waals surface area contributed by atoms with Crippen LogP contribution in [0.15, 0.2) is 43.0 Å². The highest BCUT2D eigenvalue weighted by molar-refractivity contribution is 5.89. The molecule has 0 aliphatic carbocycles. The molecule has 0 bridgehead atoms. The number of nitrogens with zero attached hydrogens (tertiary/aromatic N) is 2. The van der Waals surface area contributed by atoms with Crippen LogP contribution in [0.5, 0.6) is 0 Å². The predicted octanol–water partition coefficient (Wildman–Crippen LogP) is 2.85. The number of para-hydroxylation sites is 1. The number of benzene rings is 1. The van der Waals surface area contributed by atoms with Crippen molar-refractivity contribution in [3.63, 3.8) is 0 Å². The minimum absolute atomic E-state index is 0.0520. The van der Waals surface area contributed by atoms with Gasteiger partial charge in [-0.3, -0.25) is 4.79 Å². The van der Waals surface area contributed by atoms with Crippen LogP contribution in [-0.2, 0) is 17.6 Å². The first-order valence-electron chi connectivity index (χ1n) is 7.97. The van der Waals surface area contributed by atoms with Gasteiger partial charge in [0.15, 0.2) is 0 Å². The number of hydrogen-bond acceptors (Lipinski definition) is 2. The molecule has 0 unspecified atom stereocenters. The summed E-state index contributed by atoms with van der Waals surface area (Å²) in [4.78, 5) is 19.2. The van der Waals surface area contributed by atoms with Crippen LogP contribution in [0.1, 0.15) is 31.1 Å². The number of nitrogens with one attached hydrogen (secondary N) is 2. The fourth-order valence-corrected chi connectivity index (χ4v) is 2.84. The number of carbonyl (C=O) groups excluding carboxylic acids is 1. The Kier molecular flexibility index (Phi) is 4.46. The van der Waals surface area contributed by atoms with Crippen molar-refractivity contribution in [3.8, 4) is 0 Å². The lowest BCUT2D eigenvalue weighted by atomic mass is 10.1. The van der Waals surface area contributed by atoms with E-state index >= 15 is 0 Å². The molecule has 5 heteroatoms. The van der Waals surface area contributed by atoms with Crippen molar-refractivity contribution in [1.29, 1.82) is 0 Å². The van der Waals surface area contributed by atoms with Gasteiger partial charge in [0, 0.05) is 48.0 Å². The standard InChI is InChI=1S/C18H22N4O/c1-13(2)22-11-14(16-5-3-4-6-17(16)22)9-18(23)20-8-7-15-10-19-12-21-15/h3-6,10-13H,7-9H2,1-2H3,(H,19,21)(H,20,23). The van der Waals surface area contributed by atoms with Gasteiger partial charge in [0.05, 0.1) is 12.7 Å². The molecule has 0 fully saturated rings. The zero-order valence-corrected chi connectivity index (χ0v) is 13.5. The van der Waals surface area contributed by atoms with Crippen LogP contribution < -0.4 is 5.32 Å². The third-order valence-electron chi connectivity index (χ3n) is 4.00. The lowest BCUT2D eigenvalue weighted by Gasteiger charge is -2.08. The Morgan fingerprint density at radius 3 is 2.91 bits per heavy atom. The Morgan fingerprint density at radius 1 is 1.35 bits per heavy atom. The highest BCUT2D eigenvalue weighted by atomic mass is 16.1. The third kappa shape index (κ3) is 3.44. The number of aromatic amines is 1. The molecule has 0 radical (unpaired) electrons. The molecule has 2 aromatic heterocycles. The maximum atomic E-state index is 12.2. The average molecular weight is 310 g/mol. The van der Waals surface area contributed by atoms with Crippen molar-refractivity contribution in [2.75, 3.05) is 6.54 Å². The van der Waals surface area contributed by atoms with Crippen LogP contribution in [0.3, 0.4) is 0 Å². The molecule has 0 saturated carbocycles. The van der Waals surface area contributed by atoms with Crippen molar-refractivity contribution in [3.05, 3.63) is 54.2 Å². The zero-order valence-electron chi connectivity index (χ0n) is 13.5. The van der Waals surface area contributed by atoms with E-state index in [9.17, 15) is 4.79 Å². The van der Waals surface area contributed by atoms with Gasteiger partial charge in [-0.1, -0.05) is 18.2 Å². The molecule has 2 N–H and O–H groups in total. The van der Waals surface area contributed by atoms with Gasteiger partial charge in [0.25, 0.3) is 0 Å². The van der Waals surface area contributed by atoms with E-state index < -0.39 is 0 Å². The van der Waals surface area contributed by atoms with Gasteiger partial charge in [-0.25, -0.2) is 4.98 Å². The molecule has 1 aromatic carbocycles. The normalized spacial score (nSPS) is 11.3. The predicted molar refractivity (Wildman–Crippen MR) is 91.3 cm³/mol. The van der Waals surface area contributed by atoms with Crippen LogP contribution >= 0.6 is 0 Å². The molecule has 2 heterocycles. The van der Waals surface area contributed by atoms with Crippen molar-refractivity contribution >= 4 is 16.8 Å². The van der Waals surface area contributed by atoms with Gasteiger partial charge in [-0.05, 0) is 25.5 Å². The molecule has 3 aromatic rings. The number of amides is 1. The van der Waals surface area contributed by atoms with E-state index in [-0.39, 0.29) is 5.91 Å². The van der Waals surface area contributed by atoms with E-state index in [1.165, 1.54) is 5.52 Å². The molecule has 0 saturated heterocycles. The summed E-state index contributed by atoms with van der Waals surface area (Å²) >= 11 is 0. The summed E-state index contributed by atoms with van der Waals surface area (Å²) in [6.45, 7) is 4.92. The van der Waals surface area contributed by atoms with Crippen molar-refractivity contribution in [1.82, 2.24) is 19.9 Å². The number of H-pyrrole nitrogens is 1. The van der Waals surface area contributed by atoms with Gasteiger partial charge in [0.2, 0.25) is 5.91 Å². The second-order valence-corrected chi connectivity index (χ2v) is 6.03. The first-order chi connectivity index (χ1) is 11.1. The van der Waals surface area contributed by atoms with Crippen LogP contribution in [0.2, 0.25) is 0 Å². The lowest BCUT2D eigenvalue weighted by molar-refractivity contribution is -0.120.